The Morgan fingerprint density at radius 1 is 1.37 bits per heavy atom. The second-order valence-corrected chi connectivity index (χ2v) is 4.93. The van der Waals surface area contributed by atoms with Crippen molar-refractivity contribution in [3.8, 4) is 5.75 Å². The van der Waals surface area contributed by atoms with Crippen LogP contribution >= 0.6 is 0 Å². The van der Waals surface area contributed by atoms with E-state index in [0.717, 1.165) is 38.3 Å². The van der Waals surface area contributed by atoms with E-state index in [1.165, 1.54) is 5.56 Å². The first-order valence-corrected chi connectivity index (χ1v) is 7.11. The lowest BCUT2D eigenvalue weighted by atomic mass is 10.2. The second-order valence-electron chi connectivity index (χ2n) is 4.93. The number of hydrogen-bond donors (Lipinski definition) is 2. The molecule has 1 unspecified atom stereocenters. The number of nitrogens with one attached hydrogen (secondary N) is 1. The van der Waals surface area contributed by atoms with Gasteiger partial charge in [-0.15, -0.1) is 0 Å². The molecular formula is C15H24N2O2. The topological polar surface area (TPSA) is 44.7 Å². The van der Waals surface area contributed by atoms with E-state index < -0.39 is 0 Å². The maximum Gasteiger partial charge on any atom is 0.119 e. The number of aliphatic hydroxyl groups is 1. The quantitative estimate of drug-likeness (QED) is 0.801. The highest BCUT2D eigenvalue weighted by Gasteiger charge is 2.20. The Morgan fingerprint density at radius 2 is 2.16 bits per heavy atom. The van der Waals surface area contributed by atoms with Crippen molar-refractivity contribution in [3.63, 3.8) is 0 Å². The molecule has 4 heteroatoms. The molecule has 0 radical (unpaired) electrons. The summed E-state index contributed by atoms with van der Waals surface area (Å²) in [5.41, 5.74) is 1.28. The first-order valence-electron chi connectivity index (χ1n) is 7.11. The maximum atomic E-state index is 9.51. The van der Waals surface area contributed by atoms with E-state index in [9.17, 15) is 5.11 Å². The predicted molar refractivity (Wildman–Crippen MR) is 76.6 cm³/mol. The normalized spacial score (nSPS) is 18.2. The van der Waals surface area contributed by atoms with Crippen molar-refractivity contribution in [2.45, 2.75) is 19.4 Å². The van der Waals surface area contributed by atoms with Gasteiger partial charge in [0, 0.05) is 26.2 Å². The number of benzene rings is 1. The Hall–Kier alpha value is -1.10. The van der Waals surface area contributed by atoms with Crippen LogP contribution in [0.1, 0.15) is 12.5 Å². The molecule has 1 atom stereocenters. The maximum absolute atomic E-state index is 9.51. The summed E-state index contributed by atoms with van der Waals surface area (Å²) in [5, 5.41) is 12.8. The van der Waals surface area contributed by atoms with Crippen molar-refractivity contribution in [1.82, 2.24) is 10.2 Å². The van der Waals surface area contributed by atoms with E-state index in [4.69, 9.17) is 4.74 Å². The SMILES string of the molecule is CCc1cccc(OCC(CO)N2CCNCC2)c1. The first-order chi connectivity index (χ1) is 9.33. The standard InChI is InChI=1S/C15H24N2O2/c1-2-13-4-3-5-15(10-13)19-12-14(11-18)17-8-6-16-7-9-17/h3-5,10,14,16,18H,2,6-9,11-12H2,1H3. The molecule has 19 heavy (non-hydrogen) atoms. The van der Waals surface area contributed by atoms with Gasteiger partial charge in [-0.05, 0) is 24.1 Å². The molecule has 1 aliphatic rings. The molecule has 0 aliphatic carbocycles. The molecule has 0 bridgehead atoms. The van der Waals surface area contributed by atoms with Crippen LogP contribution in [0.5, 0.6) is 5.75 Å². The summed E-state index contributed by atoms with van der Waals surface area (Å²) in [7, 11) is 0. The number of aryl methyl sites for hydroxylation is 1. The molecule has 0 aromatic heterocycles. The molecule has 2 N–H and O–H groups in total. The van der Waals surface area contributed by atoms with Gasteiger partial charge in [0.2, 0.25) is 0 Å². The van der Waals surface area contributed by atoms with Crippen molar-refractivity contribution >= 4 is 0 Å². The molecule has 0 saturated carbocycles. The van der Waals surface area contributed by atoms with Gasteiger partial charge in [0.15, 0.2) is 0 Å². The van der Waals surface area contributed by atoms with Crippen LogP contribution in [0, 0.1) is 0 Å². The smallest absolute Gasteiger partial charge is 0.119 e. The molecule has 1 heterocycles. The third kappa shape index (κ3) is 4.20. The van der Waals surface area contributed by atoms with Crippen molar-refractivity contribution in [1.29, 1.82) is 0 Å². The summed E-state index contributed by atoms with van der Waals surface area (Å²) in [6, 6.07) is 8.27. The Balaban J connectivity index is 1.87. The molecule has 1 aromatic carbocycles. The molecule has 1 aliphatic heterocycles. The lowest BCUT2D eigenvalue weighted by Gasteiger charge is -2.33. The van der Waals surface area contributed by atoms with Gasteiger partial charge in [0.05, 0.1) is 12.6 Å². The van der Waals surface area contributed by atoms with Crippen LogP contribution in [0.25, 0.3) is 0 Å². The average Bonchev–Trinajstić information content (AvgIpc) is 2.49. The summed E-state index contributed by atoms with van der Waals surface area (Å²) in [6.07, 6.45) is 1.01. The molecule has 1 saturated heterocycles. The minimum Gasteiger partial charge on any atom is -0.492 e. The van der Waals surface area contributed by atoms with E-state index in [0.29, 0.717) is 6.61 Å². The van der Waals surface area contributed by atoms with Crippen LogP contribution in [-0.2, 0) is 6.42 Å². The van der Waals surface area contributed by atoms with Crippen LogP contribution in [0.15, 0.2) is 24.3 Å². The van der Waals surface area contributed by atoms with Gasteiger partial charge < -0.3 is 15.2 Å². The van der Waals surface area contributed by atoms with Gasteiger partial charge in [0.1, 0.15) is 12.4 Å². The molecule has 4 nitrogen and oxygen atoms in total. The fourth-order valence-corrected chi connectivity index (χ4v) is 2.37. The molecule has 106 valence electrons. The largest absolute Gasteiger partial charge is 0.492 e. The van der Waals surface area contributed by atoms with Crippen LogP contribution in [-0.4, -0.2) is 55.4 Å². The highest BCUT2D eigenvalue weighted by molar-refractivity contribution is 5.28. The van der Waals surface area contributed by atoms with Crippen molar-refractivity contribution < 1.29 is 9.84 Å². The van der Waals surface area contributed by atoms with Gasteiger partial charge >= 0.3 is 0 Å². The summed E-state index contributed by atoms with van der Waals surface area (Å²) in [6.45, 7) is 6.75. The van der Waals surface area contributed by atoms with Crippen molar-refractivity contribution in [3.05, 3.63) is 29.8 Å². The third-order valence-electron chi connectivity index (χ3n) is 3.63. The van der Waals surface area contributed by atoms with E-state index >= 15 is 0 Å². The highest BCUT2D eigenvalue weighted by atomic mass is 16.5. The lowest BCUT2D eigenvalue weighted by Crippen LogP contribution is -2.51. The van der Waals surface area contributed by atoms with Gasteiger partial charge in [0.25, 0.3) is 0 Å². The molecule has 0 spiro atoms. The number of nitrogens with zero attached hydrogens (tertiary/aromatic N) is 1. The Kier molecular flexibility index (Phi) is 5.63. The van der Waals surface area contributed by atoms with Crippen LogP contribution < -0.4 is 10.1 Å². The average molecular weight is 264 g/mol. The molecular weight excluding hydrogens is 240 g/mol. The number of piperazine rings is 1. The summed E-state index contributed by atoms with van der Waals surface area (Å²) >= 11 is 0. The van der Waals surface area contributed by atoms with E-state index in [1.807, 2.05) is 12.1 Å². The summed E-state index contributed by atoms with van der Waals surface area (Å²) < 4.78 is 5.83. The molecule has 2 rings (SSSR count). The number of rotatable bonds is 6. The van der Waals surface area contributed by atoms with Gasteiger partial charge in [-0.25, -0.2) is 0 Å². The Bertz CT molecular complexity index is 378. The third-order valence-corrected chi connectivity index (χ3v) is 3.63. The number of hydrogen-bond acceptors (Lipinski definition) is 4. The Labute approximate surface area is 115 Å². The minimum atomic E-state index is 0.0902. The minimum absolute atomic E-state index is 0.0902. The molecule has 1 fully saturated rings. The fourth-order valence-electron chi connectivity index (χ4n) is 2.37. The summed E-state index contributed by atoms with van der Waals surface area (Å²) in [5.74, 6) is 0.896. The zero-order valence-corrected chi connectivity index (χ0v) is 11.6. The van der Waals surface area contributed by atoms with Crippen molar-refractivity contribution in [2.75, 3.05) is 39.4 Å². The van der Waals surface area contributed by atoms with Gasteiger partial charge in [-0.3, -0.25) is 4.90 Å². The van der Waals surface area contributed by atoms with Crippen molar-refractivity contribution in [2.24, 2.45) is 0 Å². The zero-order valence-electron chi connectivity index (χ0n) is 11.6. The predicted octanol–water partition coefficient (Wildman–Crippen LogP) is 0.894. The second kappa shape index (κ2) is 7.48. The molecule has 0 amide bonds. The van der Waals surface area contributed by atoms with Crippen LogP contribution in [0.2, 0.25) is 0 Å². The fraction of sp³-hybridized carbons (Fsp3) is 0.600. The molecule has 1 aromatic rings. The highest BCUT2D eigenvalue weighted by Crippen LogP contribution is 2.14. The zero-order chi connectivity index (χ0) is 13.5. The van der Waals surface area contributed by atoms with E-state index in [-0.39, 0.29) is 12.6 Å². The van der Waals surface area contributed by atoms with E-state index in [1.54, 1.807) is 0 Å². The monoisotopic (exact) mass is 264 g/mol. The number of aliphatic hydroxyl groups excluding tert-OH is 1. The Morgan fingerprint density at radius 3 is 2.84 bits per heavy atom. The summed E-state index contributed by atoms with van der Waals surface area (Å²) in [4.78, 5) is 2.29. The van der Waals surface area contributed by atoms with Crippen LogP contribution in [0.3, 0.4) is 0 Å². The van der Waals surface area contributed by atoms with E-state index in [2.05, 4.69) is 29.3 Å². The van der Waals surface area contributed by atoms with Gasteiger partial charge in [-0.1, -0.05) is 19.1 Å². The number of ether oxygens (including phenoxy) is 1. The van der Waals surface area contributed by atoms with Gasteiger partial charge in [-0.2, -0.15) is 0 Å². The first kappa shape index (κ1) is 14.3. The lowest BCUT2D eigenvalue weighted by molar-refractivity contribution is 0.0734. The van der Waals surface area contributed by atoms with Crippen LogP contribution in [0.4, 0.5) is 0 Å².